The molecule has 0 spiro atoms. The number of nitrogens with zero attached hydrogens (tertiary/aromatic N) is 1. The van der Waals surface area contributed by atoms with E-state index >= 15 is 0 Å². The van der Waals surface area contributed by atoms with Crippen LogP contribution in [0.25, 0.3) is 0 Å². The highest BCUT2D eigenvalue weighted by atomic mass is 32.2. The first-order chi connectivity index (χ1) is 7.14. The molecule has 1 atom stereocenters. The van der Waals surface area contributed by atoms with Gasteiger partial charge in [0, 0.05) is 18.8 Å². The summed E-state index contributed by atoms with van der Waals surface area (Å²) in [5, 5.41) is 9.22. The summed E-state index contributed by atoms with van der Waals surface area (Å²) in [5.74, 6) is 1.65. The molecule has 0 radical (unpaired) electrons. The molecule has 0 amide bonds. The van der Waals surface area contributed by atoms with E-state index in [1.165, 1.54) is 0 Å². The van der Waals surface area contributed by atoms with Crippen molar-refractivity contribution in [3.8, 4) is 0 Å². The van der Waals surface area contributed by atoms with Gasteiger partial charge in [-0.3, -0.25) is 4.79 Å². The van der Waals surface area contributed by atoms with Gasteiger partial charge in [0.25, 0.3) is 0 Å². The number of thioether (sulfide) groups is 1. The van der Waals surface area contributed by atoms with Crippen LogP contribution in [-0.4, -0.2) is 47.1 Å². The van der Waals surface area contributed by atoms with Crippen LogP contribution < -0.4 is 0 Å². The number of rotatable bonds is 6. The Morgan fingerprint density at radius 3 is 2.73 bits per heavy atom. The monoisotopic (exact) mass is 231 g/mol. The summed E-state index contributed by atoms with van der Waals surface area (Å²) in [6.07, 6.45) is 1.56. The Morgan fingerprint density at radius 2 is 2.27 bits per heavy atom. The predicted molar refractivity (Wildman–Crippen MR) is 64.4 cm³/mol. The number of hydrogen-bond donors (Lipinski definition) is 1. The molecule has 0 bridgehead atoms. The number of carbonyl (C=O) groups is 1. The van der Waals surface area contributed by atoms with Crippen LogP contribution in [0, 0.1) is 5.41 Å². The summed E-state index contributed by atoms with van der Waals surface area (Å²) in [4.78, 5) is 13.5. The molecular formula is C11H21NO2S. The SMILES string of the molecule is CCSCCN1CCC(CC)(C(=O)O)C1. The zero-order chi connectivity index (χ0) is 11.3. The second-order valence-corrected chi connectivity index (χ2v) is 5.56. The second-order valence-electron chi connectivity index (χ2n) is 4.16. The Hall–Kier alpha value is -0.220. The molecular weight excluding hydrogens is 210 g/mol. The van der Waals surface area contributed by atoms with Crippen molar-refractivity contribution in [2.45, 2.75) is 26.7 Å². The minimum atomic E-state index is -0.615. The van der Waals surface area contributed by atoms with Crippen molar-refractivity contribution in [3.63, 3.8) is 0 Å². The third-order valence-corrected chi connectivity index (χ3v) is 4.20. The molecule has 4 heteroatoms. The van der Waals surface area contributed by atoms with Crippen LogP contribution in [0.1, 0.15) is 26.7 Å². The maximum atomic E-state index is 11.2. The molecule has 1 heterocycles. The zero-order valence-corrected chi connectivity index (χ0v) is 10.5. The normalized spacial score (nSPS) is 27.1. The first-order valence-corrected chi connectivity index (χ1v) is 6.83. The van der Waals surface area contributed by atoms with Gasteiger partial charge in [-0.15, -0.1) is 0 Å². The number of aliphatic carboxylic acids is 1. The Bertz CT molecular complexity index is 223. The highest BCUT2D eigenvalue weighted by Gasteiger charge is 2.42. The van der Waals surface area contributed by atoms with Gasteiger partial charge in [0.2, 0.25) is 0 Å². The summed E-state index contributed by atoms with van der Waals surface area (Å²) >= 11 is 1.92. The fraction of sp³-hybridized carbons (Fsp3) is 0.909. The minimum Gasteiger partial charge on any atom is -0.481 e. The van der Waals surface area contributed by atoms with Crippen molar-refractivity contribution in [3.05, 3.63) is 0 Å². The molecule has 1 N–H and O–H groups in total. The molecule has 0 saturated carbocycles. The number of carboxylic acids is 1. The first kappa shape index (κ1) is 12.8. The Balaban J connectivity index is 2.39. The van der Waals surface area contributed by atoms with Gasteiger partial charge >= 0.3 is 5.97 Å². The van der Waals surface area contributed by atoms with E-state index in [1.54, 1.807) is 0 Å². The van der Waals surface area contributed by atoms with Crippen LogP contribution in [0.3, 0.4) is 0 Å². The number of likely N-dealkylation sites (tertiary alicyclic amines) is 1. The van der Waals surface area contributed by atoms with Gasteiger partial charge in [-0.05, 0) is 25.1 Å². The van der Waals surface area contributed by atoms with Gasteiger partial charge in [-0.1, -0.05) is 13.8 Å². The van der Waals surface area contributed by atoms with E-state index in [9.17, 15) is 9.90 Å². The predicted octanol–water partition coefficient (Wildman–Crippen LogP) is 1.93. The van der Waals surface area contributed by atoms with Gasteiger partial charge in [-0.2, -0.15) is 11.8 Å². The maximum Gasteiger partial charge on any atom is 0.310 e. The fourth-order valence-corrected chi connectivity index (χ4v) is 2.78. The van der Waals surface area contributed by atoms with Crippen LogP contribution in [-0.2, 0) is 4.79 Å². The van der Waals surface area contributed by atoms with Crippen LogP contribution >= 0.6 is 11.8 Å². The Kier molecular flexibility index (Phi) is 4.93. The van der Waals surface area contributed by atoms with Crippen molar-refractivity contribution in [1.29, 1.82) is 0 Å². The third kappa shape index (κ3) is 3.11. The van der Waals surface area contributed by atoms with Crippen LogP contribution in [0.2, 0.25) is 0 Å². The van der Waals surface area contributed by atoms with Crippen LogP contribution in [0.15, 0.2) is 0 Å². The molecule has 1 rings (SSSR count). The van der Waals surface area contributed by atoms with Crippen molar-refractivity contribution in [1.82, 2.24) is 4.90 Å². The molecule has 0 aliphatic carbocycles. The smallest absolute Gasteiger partial charge is 0.310 e. The van der Waals surface area contributed by atoms with Gasteiger partial charge in [0.15, 0.2) is 0 Å². The van der Waals surface area contributed by atoms with Crippen LogP contribution in [0.4, 0.5) is 0 Å². The molecule has 0 aromatic carbocycles. The summed E-state index contributed by atoms with van der Waals surface area (Å²) in [6, 6.07) is 0. The lowest BCUT2D eigenvalue weighted by Gasteiger charge is -2.22. The molecule has 15 heavy (non-hydrogen) atoms. The molecule has 1 saturated heterocycles. The van der Waals surface area contributed by atoms with Crippen molar-refractivity contribution in [2.24, 2.45) is 5.41 Å². The standard InChI is InChI=1S/C11H21NO2S/c1-3-11(10(13)14)5-6-12(9-11)7-8-15-4-2/h3-9H2,1-2H3,(H,13,14). The molecule has 0 aromatic heterocycles. The molecule has 1 unspecified atom stereocenters. The van der Waals surface area contributed by atoms with Gasteiger partial charge in [0.05, 0.1) is 5.41 Å². The van der Waals surface area contributed by atoms with Crippen molar-refractivity contribution < 1.29 is 9.90 Å². The molecule has 88 valence electrons. The summed E-state index contributed by atoms with van der Waals surface area (Å²) in [6.45, 7) is 6.86. The lowest BCUT2D eigenvalue weighted by Crippen LogP contribution is -2.34. The van der Waals surface area contributed by atoms with Gasteiger partial charge < -0.3 is 10.0 Å². The highest BCUT2D eigenvalue weighted by molar-refractivity contribution is 7.99. The molecule has 0 aromatic rings. The van der Waals surface area contributed by atoms with Gasteiger partial charge in [0.1, 0.15) is 0 Å². The quantitative estimate of drug-likeness (QED) is 0.709. The summed E-state index contributed by atoms with van der Waals surface area (Å²) < 4.78 is 0. The van der Waals surface area contributed by atoms with E-state index in [4.69, 9.17) is 0 Å². The van der Waals surface area contributed by atoms with E-state index < -0.39 is 11.4 Å². The van der Waals surface area contributed by atoms with E-state index in [0.29, 0.717) is 0 Å². The molecule has 1 fully saturated rings. The third-order valence-electron chi connectivity index (χ3n) is 3.32. The summed E-state index contributed by atoms with van der Waals surface area (Å²) in [7, 11) is 0. The average Bonchev–Trinajstić information content (AvgIpc) is 2.63. The van der Waals surface area contributed by atoms with Crippen LogP contribution in [0.5, 0.6) is 0 Å². The lowest BCUT2D eigenvalue weighted by atomic mass is 9.84. The average molecular weight is 231 g/mol. The minimum absolute atomic E-state index is 0.461. The number of hydrogen-bond acceptors (Lipinski definition) is 3. The highest BCUT2D eigenvalue weighted by Crippen LogP contribution is 2.34. The van der Waals surface area contributed by atoms with E-state index in [1.807, 2.05) is 18.7 Å². The largest absolute Gasteiger partial charge is 0.481 e. The van der Waals surface area contributed by atoms with E-state index in [-0.39, 0.29) is 0 Å². The van der Waals surface area contributed by atoms with E-state index in [0.717, 1.165) is 44.0 Å². The van der Waals surface area contributed by atoms with Crippen molar-refractivity contribution in [2.75, 3.05) is 31.1 Å². The lowest BCUT2D eigenvalue weighted by molar-refractivity contribution is -0.148. The van der Waals surface area contributed by atoms with E-state index in [2.05, 4.69) is 11.8 Å². The zero-order valence-electron chi connectivity index (χ0n) is 9.66. The second kappa shape index (κ2) is 5.75. The molecule has 3 nitrogen and oxygen atoms in total. The fourth-order valence-electron chi connectivity index (χ4n) is 2.10. The topological polar surface area (TPSA) is 40.5 Å². The first-order valence-electron chi connectivity index (χ1n) is 5.68. The van der Waals surface area contributed by atoms with Gasteiger partial charge in [-0.25, -0.2) is 0 Å². The maximum absolute atomic E-state index is 11.2. The Labute approximate surface area is 96.2 Å². The summed E-state index contributed by atoms with van der Waals surface area (Å²) in [5.41, 5.74) is -0.461. The van der Waals surface area contributed by atoms with Crippen molar-refractivity contribution >= 4 is 17.7 Å². The molecule has 1 aliphatic heterocycles. The Morgan fingerprint density at radius 1 is 1.53 bits per heavy atom. The number of carboxylic acid groups (broad SMARTS) is 1. The molecule has 1 aliphatic rings.